The van der Waals surface area contributed by atoms with Gasteiger partial charge in [-0.1, -0.05) is 0 Å². The van der Waals surface area contributed by atoms with Crippen LogP contribution in [-0.4, -0.2) is 48.5 Å². The maximum atomic E-state index is 12.5. The maximum Gasteiger partial charge on any atom is 0.273 e. The molecule has 4 heterocycles. The van der Waals surface area contributed by atoms with E-state index in [4.69, 9.17) is 0 Å². The van der Waals surface area contributed by atoms with Crippen molar-refractivity contribution in [1.82, 2.24) is 29.5 Å². The first-order valence-electron chi connectivity index (χ1n) is 7.15. The fourth-order valence-electron chi connectivity index (χ4n) is 2.95. The average molecular weight is 314 g/mol. The van der Waals surface area contributed by atoms with Gasteiger partial charge < -0.3 is 4.90 Å². The Bertz CT molecular complexity index is 799. The van der Waals surface area contributed by atoms with Gasteiger partial charge in [-0.15, -0.1) is 11.3 Å². The van der Waals surface area contributed by atoms with Crippen LogP contribution in [0.2, 0.25) is 0 Å². The minimum Gasteiger partial charge on any atom is -0.337 e. The van der Waals surface area contributed by atoms with Crippen LogP contribution in [-0.2, 0) is 0 Å². The molecule has 0 saturated carbocycles. The first-order chi connectivity index (χ1) is 10.8. The molecular weight excluding hydrogens is 300 g/mol. The molecule has 1 fully saturated rings. The highest BCUT2D eigenvalue weighted by Crippen LogP contribution is 2.27. The van der Waals surface area contributed by atoms with Gasteiger partial charge in [-0.2, -0.15) is 10.1 Å². The Morgan fingerprint density at radius 2 is 2.27 bits per heavy atom. The summed E-state index contributed by atoms with van der Waals surface area (Å²) in [5.41, 5.74) is 3.28. The summed E-state index contributed by atoms with van der Waals surface area (Å²) in [4.78, 5) is 26.8. The first-order valence-corrected chi connectivity index (χ1v) is 8.09. The molecule has 1 saturated heterocycles. The lowest BCUT2D eigenvalue weighted by Crippen LogP contribution is -2.39. The topological polar surface area (TPSA) is 76.3 Å². The van der Waals surface area contributed by atoms with Crippen molar-refractivity contribution in [2.75, 3.05) is 13.1 Å². The molecule has 22 heavy (non-hydrogen) atoms. The summed E-state index contributed by atoms with van der Waals surface area (Å²) in [5.74, 6) is 0.846. The molecule has 0 bridgehead atoms. The van der Waals surface area contributed by atoms with Gasteiger partial charge in [0.15, 0.2) is 0 Å². The second kappa shape index (κ2) is 5.45. The molecule has 0 N–H and O–H groups in total. The van der Waals surface area contributed by atoms with E-state index in [0.717, 1.165) is 25.1 Å². The van der Waals surface area contributed by atoms with Crippen LogP contribution in [0.4, 0.5) is 0 Å². The standard InChI is InChI=1S/C14H14N6OS/c21-13(11-7-22-9-17-11)19-5-1-2-10(6-19)12-3-4-15-14-16-8-18-20(12)14/h3-4,7-10H,1-2,5-6H2/t10-/m0/s1. The van der Waals surface area contributed by atoms with Crippen LogP contribution in [0.1, 0.15) is 34.9 Å². The Hall–Kier alpha value is -2.35. The highest BCUT2D eigenvalue weighted by Gasteiger charge is 2.27. The van der Waals surface area contributed by atoms with Crippen molar-refractivity contribution in [3.63, 3.8) is 0 Å². The monoisotopic (exact) mass is 314 g/mol. The highest BCUT2D eigenvalue weighted by molar-refractivity contribution is 7.07. The van der Waals surface area contributed by atoms with Crippen LogP contribution in [0.15, 0.2) is 29.5 Å². The quantitative estimate of drug-likeness (QED) is 0.718. The molecule has 0 aliphatic carbocycles. The predicted octanol–water partition coefficient (Wildman–Crippen LogP) is 1.60. The highest BCUT2D eigenvalue weighted by atomic mass is 32.1. The molecule has 0 unspecified atom stereocenters. The summed E-state index contributed by atoms with van der Waals surface area (Å²) >= 11 is 1.44. The predicted molar refractivity (Wildman–Crippen MR) is 80.8 cm³/mol. The van der Waals surface area contributed by atoms with Crippen molar-refractivity contribution in [1.29, 1.82) is 0 Å². The number of amides is 1. The number of fused-ring (bicyclic) bond motifs is 1. The third-order valence-corrected chi connectivity index (χ3v) is 4.57. The Kier molecular flexibility index (Phi) is 3.30. The van der Waals surface area contributed by atoms with Gasteiger partial charge in [-0.3, -0.25) is 4.79 Å². The number of carbonyl (C=O) groups is 1. The van der Waals surface area contributed by atoms with Crippen LogP contribution >= 0.6 is 11.3 Å². The normalized spacial score (nSPS) is 18.7. The first kappa shape index (κ1) is 13.3. The molecule has 4 rings (SSSR count). The number of thiazole rings is 1. The molecule has 0 spiro atoms. The van der Waals surface area contributed by atoms with E-state index in [0.29, 0.717) is 18.0 Å². The summed E-state index contributed by atoms with van der Waals surface area (Å²) in [6, 6.07) is 1.96. The van der Waals surface area contributed by atoms with Gasteiger partial charge in [0.25, 0.3) is 11.7 Å². The molecule has 0 radical (unpaired) electrons. The number of rotatable bonds is 2. The summed E-state index contributed by atoms with van der Waals surface area (Å²) in [6.45, 7) is 1.45. The smallest absolute Gasteiger partial charge is 0.273 e. The summed E-state index contributed by atoms with van der Waals surface area (Å²) in [7, 11) is 0. The van der Waals surface area contributed by atoms with E-state index in [1.165, 1.54) is 17.7 Å². The summed E-state index contributed by atoms with van der Waals surface area (Å²) in [5, 5.41) is 6.04. The third kappa shape index (κ3) is 2.25. The molecule has 7 nitrogen and oxygen atoms in total. The van der Waals surface area contributed by atoms with Crippen molar-refractivity contribution in [2.24, 2.45) is 0 Å². The Balaban J connectivity index is 1.61. The van der Waals surface area contributed by atoms with Crippen molar-refractivity contribution < 1.29 is 4.79 Å². The van der Waals surface area contributed by atoms with E-state index in [2.05, 4.69) is 20.1 Å². The van der Waals surface area contributed by atoms with Crippen molar-refractivity contribution >= 4 is 23.0 Å². The van der Waals surface area contributed by atoms with Gasteiger partial charge in [0.05, 0.1) is 11.2 Å². The van der Waals surface area contributed by atoms with E-state index in [1.807, 2.05) is 11.0 Å². The lowest BCUT2D eigenvalue weighted by atomic mass is 9.94. The lowest BCUT2D eigenvalue weighted by molar-refractivity contribution is 0.0700. The minimum absolute atomic E-state index is 0.00911. The van der Waals surface area contributed by atoms with E-state index in [-0.39, 0.29) is 11.8 Å². The lowest BCUT2D eigenvalue weighted by Gasteiger charge is -2.32. The van der Waals surface area contributed by atoms with Gasteiger partial charge >= 0.3 is 0 Å². The molecule has 1 amide bonds. The van der Waals surface area contributed by atoms with Gasteiger partial charge in [-0.05, 0) is 18.9 Å². The second-order valence-corrected chi connectivity index (χ2v) is 6.02. The number of hydrogen-bond acceptors (Lipinski definition) is 6. The number of carbonyl (C=O) groups excluding carboxylic acids is 1. The number of hydrogen-bond donors (Lipinski definition) is 0. The van der Waals surface area contributed by atoms with Gasteiger partial charge in [-0.25, -0.2) is 14.5 Å². The number of aromatic nitrogens is 5. The van der Waals surface area contributed by atoms with Crippen LogP contribution in [0.3, 0.4) is 0 Å². The molecular formula is C14H14N6OS. The van der Waals surface area contributed by atoms with Crippen LogP contribution < -0.4 is 0 Å². The van der Waals surface area contributed by atoms with Crippen LogP contribution in [0.5, 0.6) is 0 Å². The zero-order chi connectivity index (χ0) is 14.9. The third-order valence-electron chi connectivity index (χ3n) is 3.99. The Morgan fingerprint density at radius 3 is 3.14 bits per heavy atom. The second-order valence-electron chi connectivity index (χ2n) is 5.31. The number of piperidine rings is 1. The van der Waals surface area contributed by atoms with Gasteiger partial charge in [0.1, 0.15) is 12.0 Å². The Labute approximate surface area is 130 Å². The molecule has 1 aliphatic heterocycles. The molecule has 112 valence electrons. The zero-order valence-corrected chi connectivity index (χ0v) is 12.6. The van der Waals surface area contributed by atoms with Crippen molar-refractivity contribution in [3.05, 3.63) is 40.9 Å². The average Bonchev–Trinajstić information content (AvgIpc) is 3.25. The van der Waals surface area contributed by atoms with Crippen LogP contribution in [0, 0.1) is 0 Å². The summed E-state index contributed by atoms with van der Waals surface area (Å²) < 4.78 is 1.77. The molecule has 8 heteroatoms. The fourth-order valence-corrected chi connectivity index (χ4v) is 3.47. The van der Waals surface area contributed by atoms with Gasteiger partial charge in [0.2, 0.25) is 0 Å². The van der Waals surface area contributed by atoms with E-state index in [1.54, 1.807) is 21.6 Å². The molecule has 1 aliphatic rings. The number of likely N-dealkylation sites (tertiary alicyclic amines) is 1. The maximum absolute atomic E-state index is 12.5. The van der Waals surface area contributed by atoms with E-state index >= 15 is 0 Å². The SMILES string of the molecule is O=C(c1cscn1)N1CCC[C@H](c2ccnc3ncnn23)C1. The van der Waals surface area contributed by atoms with Gasteiger partial charge in [0, 0.05) is 30.6 Å². The zero-order valence-electron chi connectivity index (χ0n) is 11.8. The molecule has 3 aromatic heterocycles. The Morgan fingerprint density at radius 1 is 1.32 bits per heavy atom. The summed E-state index contributed by atoms with van der Waals surface area (Å²) in [6.07, 6.45) is 5.26. The van der Waals surface area contributed by atoms with Crippen molar-refractivity contribution in [2.45, 2.75) is 18.8 Å². The minimum atomic E-state index is 0.00911. The van der Waals surface area contributed by atoms with E-state index in [9.17, 15) is 4.79 Å². The van der Waals surface area contributed by atoms with E-state index < -0.39 is 0 Å². The largest absolute Gasteiger partial charge is 0.337 e. The molecule has 1 atom stereocenters. The fraction of sp³-hybridized carbons (Fsp3) is 0.357. The van der Waals surface area contributed by atoms with Crippen LogP contribution in [0.25, 0.3) is 5.78 Å². The van der Waals surface area contributed by atoms with Crippen molar-refractivity contribution in [3.8, 4) is 0 Å². The molecule has 3 aromatic rings. The molecule has 0 aromatic carbocycles. The number of nitrogens with zero attached hydrogens (tertiary/aromatic N) is 6.